The summed E-state index contributed by atoms with van der Waals surface area (Å²) in [4.78, 5) is 0. The predicted molar refractivity (Wildman–Crippen MR) is 174 cm³/mol. The zero-order chi connectivity index (χ0) is 25.7. The van der Waals surface area contributed by atoms with Gasteiger partial charge in [0.15, 0.2) is 9.94 Å². The van der Waals surface area contributed by atoms with Crippen LogP contribution in [0.2, 0.25) is 43.8 Å². The molecule has 1 aliphatic rings. The molecule has 0 aliphatic carbocycles. The van der Waals surface area contributed by atoms with Crippen molar-refractivity contribution in [3.63, 3.8) is 0 Å². The van der Waals surface area contributed by atoms with Gasteiger partial charge in [-0.2, -0.15) is 31.5 Å². The number of benzene rings is 1. The average Bonchev–Trinajstić information content (AvgIpc) is 3.03. The molecule has 0 amide bonds. The molecular weight excluding hydrogens is 702 g/mol. The smallest absolute Gasteiger partial charge is 0.376 e. The molecule has 1 heterocycles. The van der Waals surface area contributed by atoms with Gasteiger partial charge in [-0.05, 0) is 23.9 Å². The first-order valence-corrected chi connectivity index (χ1v) is 22.6. The van der Waals surface area contributed by atoms with E-state index in [0.29, 0.717) is 11.8 Å². The van der Waals surface area contributed by atoms with Crippen molar-refractivity contribution in [2.45, 2.75) is 89.8 Å². The lowest BCUT2D eigenvalue weighted by atomic mass is 9.49. The third kappa shape index (κ3) is 5.36. The van der Waals surface area contributed by atoms with Gasteiger partial charge in [-0.15, -0.1) is 0 Å². The van der Waals surface area contributed by atoms with E-state index in [1.807, 2.05) is 7.11 Å². The van der Waals surface area contributed by atoms with Gasteiger partial charge >= 0.3 is 7.05 Å². The molecule has 0 radical (unpaired) electrons. The SMILES string of the molecule is COB1[N+](c2c(C(C)C)cccc2C(C)C)=C([B-](Br)(Br)B(Br)Br)CC1([Si](C)(C)C)[Si](C)(C)C. The third-order valence-corrected chi connectivity index (χ3v) is 24.9. The molecule has 2 rings (SSSR count). The molecule has 1 aromatic rings. The molecule has 1 aliphatic heterocycles. The second-order valence-electron chi connectivity index (χ2n) is 12.2. The van der Waals surface area contributed by atoms with Crippen LogP contribution in [0.1, 0.15) is 57.1 Å². The van der Waals surface area contributed by atoms with Gasteiger partial charge in [-0.25, -0.2) is 0 Å². The van der Waals surface area contributed by atoms with Crippen LogP contribution in [0.25, 0.3) is 0 Å². The largest absolute Gasteiger partial charge is 0.658 e. The second kappa shape index (κ2) is 10.6. The van der Waals surface area contributed by atoms with Crippen LogP contribution in [-0.4, -0.2) is 48.3 Å². The monoisotopic (exact) mass is 739 g/mol. The molecule has 184 valence electrons. The summed E-state index contributed by atoms with van der Waals surface area (Å²) in [6.45, 7) is 24.5. The molecule has 0 saturated heterocycles. The van der Waals surface area contributed by atoms with E-state index in [0.717, 1.165) is 6.42 Å². The Balaban J connectivity index is 3.13. The summed E-state index contributed by atoms with van der Waals surface area (Å²) in [6.07, 6.45) is 1.05. The molecule has 2 nitrogen and oxygen atoms in total. The van der Waals surface area contributed by atoms with Gasteiger partial charge < -0.3 is 36.2 Å². The predicted octanol–water partition coefficient (Wildman–Crippen LogP) is 9.18. The first-order chi connectivity index (χ1) is 14.9. The van der Waals surface area contributed by atoms with E-state index in [1.54, 1.807) is 0 Å². The number of rotatable bonds is 8. The Morgan fingerprint density at radius 2 is 1.39 bits per heavy atom. The van der Waals surface area contributed by atoms with Crippen LogP contribution in [0.3, 0.4) is 0 Å². The van der Waals surface area contributed by atoms with E-state index in [2.05, 4.69) is 153 Å². The molecule has 0 spiro atoms. The minimum Gasteiger partial charge on any atom is -0.376 e. The molecule has 0 unspecified atom stereocenters. The molecular formula is C22H40B3Br4NOSi2. The van der Waals surface area contributed by atoms with Gasteiger partial charge in [0.05, 0.1) is 16.1 Å². The van der Waals surface area contributed by atoms with Crippen molar-refractivity contribution in [1.82, 2.24) is 0 Å². The normalized spacial score (nSPS) is 17.5. The number of hydrogen-bond acceptors (Lipinski definition) is 1. The van der Waals surface area contributed by atoms with Crippen LogP contribution < -0.4 is 0 Å². The fourth-order valence-corrected chi connectivity index (χ4v) is 19.8. The molecule has 0 atom stereocenters. The summed E-state index contributed by atoms with van der Waals surface area (Å²) in [5, 5.41) is 0. The van der Waals surface area contributed by atoms with Crippen molar-refractivity contribution in [2.24, 2.45) is 0 Å². The standard InChI is InChI=1S/C22H40B3Br4NOSi2/c1-16(2)18-13-12-14-19(17(3)4)21(18)30-20(25(28,29)24(26)27)15-22(23(30)31-5,32(6,7)8)33(9,10)11/h12-14,16-17H,15H2,1-11H3. The van der Waals surface area contributed by atoms with Crippen LogP contribution in [0.4, 0.5) is 5.69 Å². The molecule has 0 saturated carbocycles. The Morgan fingerprint density at radius 3 is 1.70 bits per heavy atom. The fraction of sp³-hybridized carbons (Fsp3) is 0.682. The van der Waals surface area contributed by atoms with Crippen molar-refractivity contribution in [2.75, 3.05) is 7.11 Å². The number of hydrogen-bond donors (Lipinski definition) is 0. The van der Waals surface area contributed by atoms with Gasteiger partial charge in [-0.3, -0.25) is 4.49 Å². The maximum Gasteiger partial charge on any atom is 0.658 e. The molecule has 0 bridgehead atoms. The summed E-state index contributed by atoms with van der Waals surface area (Å²) >= 11 is 16.0. The van der Waals surface area contributed by atoms with E-state index in [9.17, 15) is 0 Å². The van der Waals surface area contributed by atoms with Gasteiger partial charge in [-0.1, -0.05) is 85.2 Å². The Morgan fingerprint density at radius 1 is 0.970 bits per heavy atom. The summed E-state index contributed by atoms with van der Waals surface area (Å²) in [5.41, 5.74) is 5.55. The lowest BCUT2D eigenvalue weighted by molar-refractivity contribution is -0.303. The summed E-state index contributed by atoms with van der Waals surface area (Å²) < 4.78 is 8.22. The van der Waals surface area contributed by atoms with Crippen LogP contribution in [0.5, 0.6) is 0 Å². The van der Waals surface area contributed by atoms with E-state index < -0.39 is 19.8 Å². The Labute approximate surface area is 238 Å². The quantitative estimate of drug-likeness (QED) is 0.242. The highest BCUT2D eigenvalue weighted by Crippen LogP contribution is 2.59. The molecule has 0 aromatic heterocycles. The zero-order valence-corrected chi connectivity index (χ0v) is 30.5. The van der Waals surface area contributed by atoms with Crippen molar-refractivity contribution in [1.29, 1.82) is 0 Å². The van der Waals surface area contributed by atoms with E-state index in [1.165, 1.54) is 22.4 Å². The number of halogens is 4. The summed E-state index contributed by atoms with van der Waals surface area (Å²) in [6, 6.07) is 6.86. The van der Waals surface area contributed by atoms with Crippen molar-refractivity contribution < 1.29 is 9.14 Å². The third-order valence-electron chi connectivity index (χ3n) is 7.67. The van der Waals surface area contributed by atoms with Crippen molar-refractivity contribution >= 4 is 105 Å². The first-order valence-electron chi connectivity index (χ1n) is 12.0. The summed E-state index contributed by atoms with van der Waals surface area (Å²) in [5.74, 6) is 0.838. The first kappa shape index (κ1) is 30.6. The lowest BCUT2D eigenvalue weighted by Crippen LogP contribution is -2.63. The minimum absolute atomic E-state index is 0.0123. The molecule has 33 heavy (non-hydrogen) atoms. The fourth-order valence-electron chi connectivity index (χ4n) is 6.05. The second-order valence-corrected chi connectivity index (χ2v) is 30.8. The van der Waals surface area contributed by atoms with Crippen LogP contribution in [-0.2, 0) is 4.65 Å². The van der Waals surface area contributed by atoms with Gasteiger partial charge in [0.2, 0.25) is 3.68 Å². The highest BCUT2D eigenvalue weighted by atomic mass is 79.9. The van der Waals surface area contributed by atoms with Crippen molar-refractivity contribution in [3.05, 3.63) is 29.3 Å². The van der Waals surface area contributed by atoms with Gasteiger partial charge in [0.25, 0.3) is 0 Å². The molecule has 11 heteroatoms. The van der Waals surface area contributed by atoms with Crippen LogP contribution >= 0.6 is 63.0 Å². The highest BCUT2D eigenvalue weighted by Gasteiger charge is 2.73. The number of nitrogens with zero attached hydrogens (tertiary/aromatic N) is 1. The topological polar surface area (TPSA) is 12.2 Å². The zero-order valence-electron chi connectivity index (χ0n) is 22.2. The Bertz CT molecular complexity index is 872. The Hall–Kier alpha value is 1.40. The van der Waals surface area contributed by atoms with Gasteiger partial charge in [0.1, 0.15) is 0 Å². The maximum atomic E-state index is 6.63. The van der Waals surface area contributed by atoms with E-state index >= 15 is 0 Å². The van der Waals surface area contributed by atoms with Crippen LogP contribution in [0.15, 0.2) is 18.2 Å². The van der Waals surface area contributed by atoms with E-state index in [4.69, 9.17) is 4.65 Å². The minimum atomic E-state index is -1.70. The average molecular weight is 743 g/mol. The molecule has 1 aromatic carbocycles. The summed E-state index contributed by atoms with van der Waals surface area (Å²) in [7, 11) is -1.46. The lowest BCUT2D eigenvalue weighted by Gasteiger charge is -2.47. The van der Waals surface area contributed by atoms with E-state index in [-0.39, 0.29) is 15.9 Å². The molecule has 0 N–H and O–H groups in total. The number of para-hydroxylation sites is 1. The highest BCUT2D eigenvalue weighted by molar-refractivity contribution is 9.65. The Kier molecular flexibility index (Phi) is 9.87. The van der Waals surface area contributed by atoms with Crippen molar-refractivity contribution in [3.8, 4) is 0 Å². The van der Waals surface area contributed by atoms with Gasteiger partial charge in [0, 0.05) is 22.8 Å². The van der Waals surface area contributed by atoms with Crippen LogP contribution in [0, 0.1) is 0 Å². The maximum absolute atomic E-state index is 6.63. The molecule has 0 fully saturated rings.